The number of halogens is 1. The van der Waals surface area contributed by atoms with Gasteiger partial charge in [-0.15, -0.1) is 0 Å². The topological polar surface area (TPSA) is 109 Å². The highest BCUT2D eigenvalue weighted by Gasteiger charge is 2.37. The molecule has 7 nitrogen and oxygen atoms in total. The molecule has 0 radical (unpaired) electrons. The number of rotatable bonds is 4. The lowest BCUT2D eigenvalue weighted by molar-refractivity contribution is 0.244. The van der Waals surface area contributed by atoms with E-state index in [0.717, 1.165) is 37.0 Å². The summed E-state index contributed by atoms with van der Waals surface area (Å²) in [7, 11) is -3.75. The van der Waals surface area contributed by atoms with Gasteiger partial charge in [0.2, 0.25) is 0 Å². The molecule has 3 N–H and O–H groups in total. The molecule has 1 aromatic heterocycles. The number of aryl methyl sites for hydroxylation is 1. The monoisotopic (exact) mass is 424 g/mol. The summed E-state index contributed by atoms with van der Waals surface area (Å²) >= 11 is 6.07. The molecule has 28 heavy (non-hydrogen) atoms. The molecule has 150 valence electrons. The lowest BCUT2D eigenvalue weighted by atomic mass is 9.94. The Balaban J connectivity index is 1.54. The first-order chi connectivity index (χ1) is 13.4. The molecule has 2 aliphatic rings. The van der Waals surface area contributed by atoms with Gasteiger partial charge in [0.05, 0.1) is 28.3 Å². The van der Waals surface area contributed by atoms with Crippen molar-refractivity contribution < 1.29 is 22.7 Å². The third-order valence-electron chi connectivity index (χ3n) is 5.45. The number of furan rings is 1. The van der Waals surface area contributed by atoms with Crippen molar-refractivity contribution in [2.24, 2.45) is 0 Å². The molecular weight excluding hydrogens is 404 g/mol. The van der Waals surface area contributed by atoms with Crippen LogP contribution in [0.1, 0.15) is 49.5 Å². The van der Waals surface area contributed by atoms with Crippen LogP contribution in [-0.2, 0) is 16.3 Å². The SMILES string of the molecule is O=C(Nc1ccc(Cl)c(S(=O)(=O)C2CCC2)c1O)NC1CCCc2ccoc21. The van der Waals surface area contributed by atoms with Crippen LogP contribution in [0.5, 0.6) is 5.75 Å². The van der Waals surface area contributed by atoms with Gasteiger partial charge in [0.15, 0.2) is 15.6 Å². The molecule has 1 atom stereocenters. The number of urea groups is 1. The highest BCUT2D eigenvalue weighted by molar-refractivity contribution is 7.92. The van der Waals surface area contributed by atoms with Crippen molar-refractivity contribution >= 4 is 33.2 Å². The Hall–Kier alpha value is -2.19. The Bertz CT molecular complexity index is 1010. The van der Waals surface area contributed by atoms with Crippen molar-refractivity contribution in [2.45, 2.75) is 54.7 Å². The van der Waals surface area contributed by atoms with Crippen LogP contribution in [0.4, 0.5) is 10.5 Å². The summed E-state index contributed by atoms with van der Waals surface area (Å²) in [6.45, 7) is 0. The van der Waals surface area contributed by atoms with Gasteiger partial charge in [0.25, 0.3) is 0 Å². The first-order valence-corrected chi connectivity index (χ1v) is 11.2. The normalized spacial score (nSPS) is 19.5. The molecule has 1 unspecified atom stereocenters. The molecule has 1 aromatic carbocycles. The molecule has 0 saturated heterocycles. The maximum Gasteiger partial charge on any atom is 0.319 e. The lowest BCUT2D eigenvalue weighted by Gasteiger charge is -2.26. The van der Waals surface area contributed by atoms with Gasteiger partial charge in [0, 0.05) is 0 Å². The number of hydrogen-bond acceptors (Lipinski definition) is 5. The van der Waals surface area contributed by atoms with E-state index < -0.39 is 26.9 Å². The van der Waals surface area contributed by atoms with Crippen molar-refractivity contribution in [1.29, 1.82) is 0 Å². The number of nitrogens with one attached hydrogen (secondary N) is 2. The summed E-state index contributed by atoms with van der Waals surface area (Å²) in [5.74, 6) is 0.201. The van der Waals surface area contributed by atoms with E-state index in [0.29, 0.717) is 12.8 Å². The second kappa shape index (κ2) is 7.33. The first-order valence-electron chi connectivity index (χ1n) is 9.27. The number of anilines is 1. The van der Waals surface area contributed by atoms with E-state index in [1.54, 1.807) is 6.26 Å². The largest absolute Gasteiger partial charge is 0.504 e. The van der Waals surface area contributed by atoms with E-state index in [1.807, 2.05) is 6.07 Å². The Morgan fingerprint density at radius 2 is 1.96 bits per heavy atom. The highest BCUT2D eigenvalue weighted by atomic mass is 35.5. The van der Waals surface area contributed by atoms with Crippen molar-refractivity contribution in [3.8, 4) is 5.75 Å². The van der Waals surface area contributed by atoms with Crippen molar-refractivity contribution in [1.82, 2.24) is 5.32 Å². The number of carbonyl (C=O) groups is 1. The predicted molar refractivity (Wildman–Crippen MR) is 104 cm³/mol. The van der Waals surface area contributed by atoms with Crippen LogP contribution in [0.3, 0.4) is 0 Å². The number of phenols is 1. The van der Waals surface area contributed by atoms with Crippen LogP contribution >= 0.6 is 11.6 Å². The third kappa shape index (κ3) is 3.35. The molecule has 2 amide bonds. The Morgan fingerprint density at radius 1 is 1.18 bits per heavy atom. The zero-order valence-electron chi connectivity index (χ0n) is 15.1. The smallest absolute Gasteiger partial charge is 0.319 e. The van der Waals surface area contributed by atoms with Gasteiger partial charge in [-0.05, 0) is 55.9 Å². The molecule has 1 saturated carbocycles. The molecule has 0 aliphatic heterocycles. The summed E-state index contributed by atoms with van der Waals surface area (Å²) in [5.41, 5.74) is 1.06. The molecule has 1 heterocycles. The molecule has 2 aromatic rings. The third-order valence-corrected chi connectivity index (χ3v) is 8.21. The van der Waals surface area contributed by atoms with Crippen LogP contribution in [0.25, 0.3) is 0 Å². The number of phenolic OH excluding ortho intramolecular Hbond substituents is 1. The Kier molecular flexibility index (Phi) is 5.01. The van der Waals surface area contributed by atoms with Gasteiger partial charge >= 0.3 is 6.03 Å². The Morgan fingerprint density at radius 3 is 2.68 bits per heavy atom. The van der Waals surface area contributed by atoms with E-state index in [-0.39, 0.29) is 21.6 Å². The second-order valence-corrected chi connectivity index (χ2v) is 9.80. The Labute approximate surface area is 168 Å². The van der Waals surface area contributed by atoms with E-state index in [1.165, 1.54) is 12.1 Å². The fourth-order valence-electron chi connectivity index (χ4n) is 3.71. The minimum Gasteiger partial charge on any atom is -0.504 e. The molecular formula is C19H21ClN2O5S. The summed E-state index contributed by atoms with van der Waals surface area (Å²) in [6, 6.07) is 3.82. The van der Waals surface area contributed by atoms with E-state index in [2.05, 4.69) is 10.6 Å². The summed E-state index contributed by atoms with van der Waals surface area (Å²) < 4.78 is 30.9. The first kappa shape index (κ1) is 19.1. The average Bonchev–Trinajstić information content (AvgIpc) is 3.05. The maximum atomic E-state index is 12.7. The minimum atomic E-state index is -3.75. The van der Waals surface area contributed by atoms with Gasteiger partial charge in [-0.3, -0.25) is 0 Å². The van der Waals surface area contributed by atoms with Gasteiger partial charge in [-0.25, -0.2) is 13.2 Å². The standard InChI is InChI=1S/C19H21ClN2O5S/c20-13-7-8-14(16(23)18(13)28(25,26)12-4-2-5-12)21-19(24)22-15-6-1-3-11-9-10-27-17(11)15/h7-10,12,15,23H,1-6H2,(H2,21,22,24). The summed E-state index contributed by atoms with van der Waals surface area (Å²) in [6.07, 6.45) is 6.10. The van der Waals surface area contributed by atoms with Crippen molar-refractivity contribution in [3.05, 3.63) is 40.8 Å². The number of aromatic hydroxyl groups is 1. The van der Waals surface area contributed by atoms with Crippen LogP contribution < -0.4 is 10.6 Å². The van der Waals surface area contributed by atoms with Crippen LogP contribution in [0.2, 0.25) is 5.02 Å². The highest BCUT2D eigenvalue weighted by Crippen LogP contribution is 2.42. The van der Waals surface area contributed by atoms with Gasteiger partial charge in [0.1, 0.15) is 10.7 Å². The number of benzene rings is 1. The van der Waals surface area contributed by atoms with Crippen LogP contribution in [0, 0.1) is 0 Å². The van der Waals surface area contributed by atoms with E-state index in [4.69, 9.17) is 16.0 Å². The fraction of sp³-hybridized carbons (Fsp3) is 0.421. The number of carbonyl (C=O) groups excluding carboxylic acids is 1. The molecule has 1 fully saturated rings. The van der Waals surface area contributed by atoms with Gasteiger partial charge < -0.3 is 20.2 Å². The predicted octanol–water partition coefficient (Wildman–Crippen LogP) is 4.16. The number of hydrogen-bond donors (Lipinski definition) is 3. The van der Waals surface area contributed by atoms with Gasteiger partial charge in [-0.2, -0.15) is 0 Å². The van der Waals surface area contributed by atoms with E-state index >= 15 is 0 Å². The van der Waals surface area contributed by atoms with Crippen LogP contribution in [0.15, 0.2) is 33.8 Å². The minimum absolute atomic E-state index is 0.00437. The van der Waals surface area contributed by atoms with Gasteiger partial charge in [-0.1, -0.05) is 18.0 Å². The summed E-state index contributed by atoms with van der Waals surface area (Å²) in [5, 5.41) is 15.3. The molecule has 0 spiro atoms. The quantitative estimate of drug-likeness (QED) is 0.638. The number of amides is 2. The second-order valence-electron chi connectivity index (χ2n) is 7.22. The van der Waals surface area contributed by atoms with Crippen molar-refractivity contribution in [2.75, 3.05) is 5.32 Å². The zero-order valence-corrected chi connectivity index (χ0v) is 16.6. The molecule has 9 heteroatoms. The maximum absolute atomic E-state index is 12.7. The average molecular weight is 425 g/mol. The number of sulfone groups is 1. The molecule has 0 bridgehead atoms. The fourth-order valence-corrected chi connectivity index (χ4v) is 6.19. The summed E-state index contributed by atoms with van der Waals surface area (Å²) in [4.78, 5) is 12.1. The lowest BCUT2D eigenvalue weighted by Crippen LogP contribution is -2.34. The number of fused-ring (bicyclic) bond motifs is 1. The van der Waals surface area contributed by atoms with Crippen LogP contribution in [-0.4, -0.2) is 24.8 Å². The molecule has 4 rings (SSSR count). The molecule has 2 aliphatic carbocycles. The van der Waals surface area contributed by atoms with E-state index in [9.17, 15) is 18.3 Å². The van der Waals surface area contributed by atoms with Crippen molar-refractivity contribution in [3.63, 3.8) is 0 Å². The zero-order chi connectivity index (χ0) is 19.9.